The molecule has 29 heavy (non-hydrogen) atoms. The molecular weight excluding hydrogens is 364 g/mol. The van der Waals surface area contributed by atoms with Crippen molar-refractivity contribution < 1.29 is 14.4 Å². The smallest absolute Gasteiger partial charge is 0.240 e. The summed E-state index contributed by atoms with van der Waals surface area (Å²) < 4.78 is 0. The Bertz CT molecular complexity index is 1080. The van der Waals surface area contributed by atoms with Crippen molar-refractivity contribution in [1.82, 2.24) is 4.90 Å². The third kappa shape index (κ3) is 2.43. The first-order chi connectivity index (χ1) is 13.9. The van der Waals surface area contributed by atoms with E-state index < -0.39 is 17.9 Å². The number of anilines is 1. The lowest BCUT2D eigenvalue weighted by Crippen LogP contribution is -2.43. The summed E-state index contributed by atoms with van der Waals surface area (Å²) in [5, 5.41) is 0. The molecule has 2 saturated heterocycles. The van der Waals surface area contributed by atoms with Gasteiger partial charge in [0.25, 0.3) is 0 Å². The Hall–Kier alpha value is -3.21. The Kier molecular flexibility index (Phi) is 3.78. The van der Waals surface area contributed by atoms with Gasteiger partial charge in [-0.2, -0.15) is 0 Å². The average molecular weight is 386 g/mol. The maximum absolute atomic E-state index is 13.6. The highest BCUT2D eigenvalue weighted by Gasteiger charge is 2.63. The van der Waals surface area contributed by atoms with Crippen molar-refractivity contribution >= 4 is 29.4 Å². The Labute approximate surface area is 169 Å². The van der Waals surface area contributed by atoms with Gasteiger partial charge in [0.05, 0.1) is 29.6 Å². The predicted octanol–water partition coefficient (Wildman–Crippen LogP) is 3.41. The van der Waals surface area contributed by atoms with E-state index in [0.29, 0.717) is 5.69 Å². The molecule has 2 aromatic carbocycles. The van der Waals surface area contributed by atoms with Gasteiger partial charge in [-0.05, 0) is 61.2 Å². The van der Waals surface area contributed by atoms with Crippen LogP contribution < -0.4 is 4.90 Å². The van der Waals surface area contributed by atoms with E-state index in [1.165, 1.54) is 11.8 Å². The fourth-order valence-electron chi connectivity index (χ4n) is 5.36. The first-order valence-corrected chi connectivity index (χ1v) is 9.89. The van der Waals surface area contributed by atoms with Crippen LogP contribution in [0.4, 0.5) is 5.69 Å². The van der Waals surface area contributed by atoms with Gasteiger partial charge in [-0.3, -0.25) is 14.4 Å². The molecular formula is C24H22N2O3. The van der Waals surface area contributed by atoms with Crippen molar-refractivity contribution in [3.05, 3.63) is 70.9 Å². The summed E-state index contributed by atoms with van der Waals surface area (Å²) in [6.07, 6.45) is 3.83. The SMILES string of the molecule is CC(=O)[C@@H]1[C@@H]2C(=O)N(c3cc(C)cc(C)c3)C(=O)[C@@H]2C2c3ccccc3C=CN21. The quantitative estimate of drug-likeness (QED) is 0.743. The maximum Gasteiger partial charge on any atom is 0.240 e. The minimum atomic E-state index is -0.665. The van der Waals surface area contributed by atoms with Gasteiger partial charge in [-0.1, -0.05) is 30.3 Å². The van der Waals surface area contributed by atoms with E-state index in [1.807, 2.05) is 73.5 Å². The Morgan fingerprint density at radius 1 is 0.931 bits per heavy atom. The van der Waals surface area contributed by atoms with Gasteiger partial charge in [0.15, 0.2) is 5.78 Å². The second-order valence-electron chi connectivity index (χ2n) is 8.30. The van der Waals surface area contributed by atoms with Crippen molar-refractivity contribution in [3.8, 4) is 0 Å². The molecule has 5 heteroatoms. The van der Waals surface area contributed by atoms with E-state index >= 15 is 0 Å². The molecule has 3 aliphatic heterocycles. The summed E-state index contributed by atoms with van der Waals surface area (Å²) in [6.45, 7) is 5.41. The molecule has 2 amide bonds. The number of carbonyl (C=O) groups is 3. The molecule has 146 valence electrons. The van der Waals surface area contributed by atoms with E-state index in [9.17, 15) is 14.4 Å². The number of hydrogen-bond acceptors (Lipinski definition) is 4. The molecule has 0 bridgehead atoms. The molecule has 0 spiro atoms. The zero-order valence-corrected chi connectivity index (χ0v) is 16.6. The molecule has 2 aromatic rings. The third-order valence-electron chi connectivity index (χ3n) is 6.34. The van der Waals surface area contributed by atoms with Crippen LogP contribution in [0.15, 0.2) is 48.7 Å². The Morgan fingerprint density at radius 2 is 1.59 bits per heavy atom. The van der Waals surface area contributed by atoms with Crippen LogP contribution in [0, 0.1) is 25.7 Å². The second kappa shape index (κ2) is 6.14. The van der Waals surface area contributed by atoms with Gasteiger partial charge >= 0.3 is 0 Å². The minimum Gasteiger partial charge on any atom is -0.359 e. The lowest BCUT2D eigenvalue weighted by atomic mass is 9.84. The summed E-state index contributed by atoms with van der Waals surface area (Å²) in [5.41, 5.74) is 4.61. The molecule has 0 N–H and O–H groups in total. The van der Waals surface area contributed by atoms with Gasteiger partial charge in [0, 0.05) is 6.20 Å². The van der Waals surface area contributed by atoms with Crippen LogP contribution in [0.25, 0.3) is 6.08 Å². The topological polar surface area (TPSA) is 57.7 Å². The van der Waals surface area contributed by atoms with E-state index in [2.05, 4.69) is 0 Å². The van der Waals surface area contributed by atoms with Crippen LogP contribution in [0.2, 0.25) is 0 Å². The molecule has 0 radical (unpaired) electrons. The third-order valence-corrected chi connectivity index (χ3v) is 6.34. The standard InChI is InChI=1S/C24H22N2O3/c1-13-10-14(2)12-17(11-13)26-23(28)19-20(24(26)29)22-18-7-5-4-6-16(18)8-9-25(22)21(19)15(3)27/h4-12,19-22H,1-3H3/t19-,20+,21-,22?/m1/s1. The number of carbonyl (C=O) groups excluding carboxylic acids is 3. The van der Waals surface area contributed by atoms with E-state index in [4.69, 9.17) is 0 Å². The fraction of sp³-hybridized carbons (Fsp3) is 0.292. The normalized spacial score (nSPS) is 27.1. The molecule has 2 fully saturated rings. The lowest BCUT2D eigenvalue weighted by Gasteiger charge is -2.35. The lowest BCUT2D eigenvalue weighted by molar-refractivity contribution is -0.129. The molecule has 0 aliphatic carbocycles. The van der Waals surface area contributed by atoms with E-state index in [0.717, 1.165) is 22.3 Å². The van der Waals surface area contributed by atoms with Crippen LogP contribution in [0.1, 0.15) is 35.2 Å². The number of rotatable bonds is 2. The number of fused-ring (bicyclic) bond motifs is 5. The highest BCUT2D eigenvalue weighted by atomic mass is 16.2. The van der Waals surface area contributed by atoms with Crippen LogP contribution >= 0.6 is 0 Å². The molecule has 1 unspecified atom stereocenters. The van der Waals surface area contributed by atoms with Gasteiger partial charge < -0.3 is 4.90 Å². The number of amides is 2. The van der Waals surface area contributed by atoms with Gasteiger partial charge in [0.1, 0.15) is 0 Å². The Morgan fingerprint density at radius 3 is 2.28 bits per heavy atom. The summed E-state index contributed by atoms with van der Waals surface area (Å²) in [4.78, 5) is 42.9. The number of ketones is 1. The van der Waals surface area contributed by atoms with Crippen LogP contribution in [0.3, 0.4) is 0 Å². The Balaban J connectivity index is 1.66. The number of hydrogen-bond donors (Lipinski definition) is 0. The first kappa shape index (κ1) is 17.9. The first-order valence-electron chi connectivity index (χ1n) is 9.89. The molecule has 0 saturated carbocycles. The summed E-state index contributed by atoms with van der Waals surface area (Å²) >= 11 is 0. The van der Waals surface area contributed by atoms with Crippen molar-refractivity contribution in [2.75, 3.05) is 4.90 Å². The molecule has 3 aliphatic rings. The molecule has 5 nitrogen and oxygen atoms in total. The van der Waals surface area contributed by atoms with Gasteiger partial charge in [-0.25, -0.2) is 4.90 Å². The minimum absolute atomic E-state index is 0.0880. The molecule has 0 aromatic heterocycles. The number of benzene rings is 2. The molecule has 3 heterocycles. The highest BCUT2D eigenvalue weighted by Crippen LogP contribution is 2.53. The van der Waals surface area contributed by atoms with E-state index in [-0.39, 0.29) is 23.6 Å². The predicted molar refractivity (Wildman–Crippen MR) is 110 cm³/mol. The fourth-order valence-corrected chi connectivity index (χ4v) is 5.36. The highest BCUT2D eigenvalue weighted by molar-refractivity contribution is 6.24. The molecule has 5 rings (SSSR count). The van der Waals surface area contributed by atoms with Crippen molar-refractivity contribution in [3.63, 3.8) is 0 Å². The molecule has 4 atom stereocenters. The number of aryl methyl sites for hydroxylation is 2. The summed E-state index contributed by atoms with van der Waals surface area (Å²) in [6, 6.07) is 12.7. The van der Waals surface area contributed by atoms with Crippen LogP contribution in [-0.4, -0.2) is 28.5 Å². The summed E-state index contributed by atoms with van der Waals surface area (Å²) in [7, 11) is 0. The van der Waals surface area contributed by atoms with Crippen molar-refractivity contribution in [2.45, 2.75) is 32.9 Å². The van der Waals surface area contributed by atoms with Crippen molar-refractivity contribution in [2.24, 2.45) is 11.8 Å². The zero-order valence-electron chi connectivity index (χ0n) is 16.6. The van der Waals surface area contributed by atoms with Gasteiger partial charge in [-0.15, -0.1) is 0 Å². The maximum atomic E-state index is 13.6. The largest absolute Gasteiger partial charge is 0.359 e. The number of imide groups is 1. The second-order valence-corrected chi connectivity index (χ2v) is 8.30. The zero-order chi connectivity index (χ0) is 20.4. The number of nitrogens with zero attached hydrogens (tertiary/aromatic N) is 2. The van der Waals surface area contributed by atoms with Crippen LogP contribution in [0.5, 0.6) is 0 Å². The van der Waals surface area contributed by atoms with Gasteiger partial charge in [0.2, 0.25) is 11.8 Å². The monoisotopic (exact) mass is 386 g/mol. The van der Waals surface area contributed by atoms with Crippen molar-refractivity contribution in [1.29, 1.82) is 0 Å². The van der Waals surface area contributed by atoms with Crippen LogP contribution in [-0.2, 0) is 14.4 Å². The number of Topliss-reactive ketones (excluding diaryl/α,β-unsaturated/α-hetero) is 1. The average Bonchev–Trinajstić information content (AvgIpc) is 3.14. The summed E-state index contributed by atoms with van der Waals surface area (Å²) in [5.74, 6) is -1.81. The van der Waals surface area contributed by atoms with E-state index in [1.54, 1.807) is 0 Å².